The van der Waals surface area contributed by atoms with Crippen molar-refractivity contribution in [3.8, 4) is 6.07 Å². The highest BCUT2D eigenvalue weighted by atomic mass is 32.2. The van der Waals surface area contributed by atoms with E-state index in [1.54, 1.807) is 12.1 Å². The van der Waals surface area contributed by atoms with E-state index in [1.165, 1.54) is 24.0 Å². The van der Waals surface area contributed by atoms with Crippen molar-refractivity contribution in [2.75, 3.05) is 18.6 Å². The summed E-state index contributed by atoms with van der Waals surface area (Å²) in [6.45, 7) is 0.778. The summed E-state index contributed by atoms with van der Waals surface area (Å²) in [5, 5.41) is 8.78. The molecular formula is C13H15FN2S. The predicted molar refractivity (Wildman–Crippen MR) is 68.3 cm³/mol. The van der Waals surface area contributed by atoms with Gasteiger partial charge >= 0.3 is 0 Å². The van der Waals surface area contributed by atoms with Crippen LogP contribution in [0.5, 0.6) is 0 Å². The maximum atomic E-state index is 13.2. The molecule has 4 heteroatoms. The fourth-order valence-electron chi connectivity index (χ4n) is 2.04. The van der Waals surface area contributed by atoms with Gasteiger partial charge in [0, 0.05) is 18.3 Å². The molecule has 1 aromatic carbocycles. The predicted octanol–water partition coefficient (Wildman–Crippen LogP) is 2.63. The Balaban J connectivity index is 2.05. The Hall–Kier alpha value is -1.05. The van der Waals surface area contributed by atoms with Crippen molar-refractivity contribution in [3.63, 3.8) is 0 Å². The summed E-state index contributed by atoms with van der Waals surface area (Å²) < 4.78 is 13.2. The van der Waals surface area contributed by atoms with Crippen LogP contribution in [-0.4, -0.2) is 29.5 Å². The lowest BCUT2D eigenvalue weighted by atomic mass is 10.1. The Labute approximate surface area is 105 Å². The topological polar surface area (TPSA) is 27.0 Å². The van der Waals surface area contributed by atoms with Crippen molar-refractivity contribution in [2.45, 2.75) is 19.0 Å². The largest absolute Gasteiger partial charge is 0.298 e. The number of hydrogen-bond acceptors (Lipinski definition) is 3. The van der Waals surface area contributed by atoms with E-state index in [-0.39, 0.29) is 5.56 Å². The van der Waals surface area contributed by atoms with Crippen LogP contribution >= 0.6 is 11.8 Å². The molecule has 1 atom stereocenters. The molecule has 1 fully saturated rings. The van der Waals surface area contributed by atoms with Gasteiger partial charge in [-0.05, 0) is 36.9 Å². The van der Waals surface area contributed by atoms with Gasteiger partial charge in [-0.1, -0.05) is 6.07 Å². The average Bonchev–Trinajstić information content (AvgIpc) is 2.85. The fourth-order valence-corrected chi connectivity index (χ4v) is 3.34. The summed E-state index contributed by atoms with van der Waals surface area (Å²) in [4.78, 5) is 2.29. The van der Waals surface area contributed by atoms with Crippen LogP contribution in [-0.2, 0) is 6.54 Å². The number of thioether (sulfide) groups is 1. The highest BCUT2D eigenvalue weighted by Gasteiger charge is 2.20. The van der Waals surface area contributed by atoms with Gasteiger partial charge in [-0.15, -0.1) is 0 Å². The molecule has 0 spiro atoms. The maximum absolute atomic E-state index is 13.2. The van der Waals surface area contributed by atoms with Crippen LogP contribution in [0.3, 0.4) is 0 Å². The second kappa shape index (κ2) is 5.52. The normalized spacial score (nSPS) is 19.5. The Morgan fingerprint density at radius 3 is 3.06 bits per heavy atom. The molecule has 1 heterocycles. The van der Waals surface area contributed by atoms with Crippen molar-refractivity contribution in [1.29, 1.82) is 5.26 Å². The second-order valence-corrected chi connectivity index (χ2v) is 5.51. The van der Waals surface area contributed by atoms with Gasteiger partial charge in [0.2, 0.25) is 0 Å². The SMILES string of the molecule is CN(Cc1ccc(F)c(C#N)c1)C1CCSC1. The van der Waals surface area contributed by atoms with E-state index < -0.39 is 5.82 Å². The number of halogens is 1. The number of hydrogen-bond donors (Lipinski definition) is 0. The third-order valence-electron chi connectivity index (χ3n) is 3.11. The third kappa shape index (κ3) is 2.99. The molecule has 1 unspecified atom stereocenters. The van der Waals surface area contributed by atoms with E-state index >= 15 is 0 Å². The first kappa shape index (κ1) is 12.4. The number of nitriles is 1. The van der Waals surface area contributed by atoms with Crippen molar-refractivity contribution in [3.05, 3.63) is 35.1 Å². The van der Waals surface area contributed by atoms with Crippen LogP contribution in [0.1, 0.15) is 17.5 Å². The molecule has 1 aliphatic heterocycles. The second-order valence-electron chi connectivity index (χ2n) is 4.36. The molecule has 90 valence electrons. The van der Waals surface area contributed by atoms with Gasteiger partial charge in [-0.2, -0.15) is 17.0 Å². The van der Waals surface area contributed by atoms with Crippen LogP contribution in [0.15, 0.2) is 18.2 Å². The van der Waals surface area contributed by atoms with Gasteiger partial charge in [-0.25, -0.2) is 4.39 Å². The first-order valence-electron chi connectivity index (χ1n) is 5.67. The molecule has 0 amide bonds. The van der Waals surface area contributed by atoms with Crippen molar-refractivity contribution in [2.24, 2.45) is 0 Å². The number of nitrogens with zero attached hydrogens (tertiary/aromatic N) is 2. The molecule has 1 aliphatic rings. The molecular weight excluding hydrogens is 235 g/mol. The fraction of sp³-hybridized carbons (Fsp3) is 0.462. The molecule has 2 rings (SSSR count). The molecule has 0 aliphatic carbocycles. The third-order valence-corrected chi connectivity index (χ3v) is 4.26. The highest BCUT2D eigenvalue weighted by Crippen LogP contribution is 2.22. The lowest BCUT2D eigenvalue weighted by Gasteiger charge is -2.23. The molecule has 2 nitrogen and oxygen atoms in total. The van der Waals surface area contributed by atoms with E-state index in [0.29, 0.717) is 6.04 Å². The van der Waals surface area contributed by atoms with Gasteiger partial charge in [0.15, 0.2) is 0 Å². The molecule has 0 bridgehead atoms. The van der Waals surface area contributed by atoms with E-state index in [2.05, 4.69) is 11.9 Å². The summed E-state index contributed by atoms with van der Waals surface area (Å²) in [7, 11) is 2.09. The highest BCUT2D eigenvalue weighted by molar-refractivity contribution is 7.99. The number of benzene rings is 1. The van der Waals surface area contributed by atoms with Gasteiger partial charge in [0.1, 0.15) is 11.9 Å². The minimum absolute atomic E-state index is 0.136. The quantitative estimate of drug-likeness (QED) is 0.825. The van der Waals surface area contributed by atoms with E-state index in [9.17, 15) is 4.39 Å². The Morgan fingerprint density at radius 2 is 2.41 bits per heavy atom. The van der Waals surface area contributed by atoms with Gasteiger partial charge in [-0.3, -0.25) is 4.90 Å². The zero-order valence-corrected chi connectivity index (χ0v) is 10.6. The van der Waals surface area contributed by atoms with E-state index in [0.717, 1.165) is 12.1 Å². The smallest absolute Gasteiger partial charge is 0.140 e. The zero-order chi connectivity index (χ0) is 12.3. The Bertz CT molecular complexity index is 436. The first-order chi connectivity index (χ1) is 8.20. The molecule has 0 radical (unpaired) electrons. The van der Waals surface area contributed by atoms with Crippen molar-refractivity contribution in [1.82, 2.24) is 4.90 Å². The average molecular weight is 250 g/mol. The molecule has 17 heavy (non-hydrogen) atoms. The molecule has 1 aromatic rings. The Kier molecular flexibility index (Phi) is 4.03. The molecule has 0 aromatic heterocycles. The van der Waals surface area contributed by atoms with Crippen molar-refractivity contribution >= 4 is 11.8 Å². The molecule has 0 N–H and O–H groups in total. The summed E-state index contributed by atoms with van der Waals surface area (Å²) in [6.07, 6.45) is 1.22. The molecule has 0 saturated carbocycles. The van der Waals surface area contributed by atoms with E-state index in [4.69, 9.17) is 5.26 Å². The molecule has 1 saturated heterocycles. The van der Waals surface area contributed by atoms with Gasteiger partial charge in [0.25, 0.3) is 0 Å². The summed E-state index contributed by atoms with van der Waals surface area (Å²) in [5.41, 5.74) is 1.14. The monoisotopic (exact) mass is 250 g/mol. The zero-order valence-electron chi connectivity index (χ0n) is 9.82. The number of rotatable bonds is 3. The first-order valence-corrected chi connectivity index (χ1v) is 6.82. The van der Waals surface area contributed by atoms with Crippen LogP contribution in [0.4, 0.5) is 4.39 Å². The maximum Gasteiger partial charge on any atom is 0.140 e. The van der Waals surface area contributed by atoms with E-state index in [1.807, 2.05) is 17.8 Å². The minimum atomic E-state index is -0.435. The lowest BCUT2D eigenvalue weighted by molar-refractivity contribution is 0.254. The minimum Gasteiger partial charge on any atom is -0.298 e. The standard InChI is InChI=1S/C13H15FN2S/c1-16(12-4-5-17-9-12)8-10-2-3-13(14)11(6-10)7-15/h2-3,6,12H,4-5,8-9H2,1H3. The lowest BCUT2D eigenvalue weighted by Crippen LogP contribution is -2.30. The van der Waals surface area contributed by atoms with Gasteiger partial charge < -0.3 is 0 Å². The van der Waals surface area contributed by atoms with Crippen molar-refractivity contribution < 1.29 is 4.39 Å². The van der Waals surface area contributed by atoms with Crippen LogP contribution < -0.4 is 0 Å². The van der Waals surface area contributed by atoms with Crippen LogP contribution in [0.2, 0.25) is 0 Å². The summed E-state index contributed by atoms with van der Waals surface area (Å²) in [6, 6.07) is 7.27. The Morgan fingerprint density at radius 1 is 1.59 bits per heavy atom. The van der Waals surface area contributed by atoms with Crippen LogP contribution in [0.25, 0.3) is 0 Å². The van der Waals surface area contributed by atoms with Crippen LogP contribution in [0, 0.1) is 17.1 Å². The summed E-state index contributed by atoms with van der Waals surface area (Å²) >= 11 is 1.98. The van der Waals surface area contributed by atoms with Gasteiger partial charge in [0.05, 0.1) is 5.56 Å². The summed E-state index contributed by atoms with van der Waals surface area (Å²) in [5.74, 6) is 1.96.